The van der Waals surface area contributed by atoms with Gasteiger partial charge in [0.2, 0.25) is 0 Å². The summed E-state index contributed by atoms with van der Waals surface area (Å²) in [5, 5.41) is 6.49. The van der Waals surface area contributed by atoms with Gasteiger partial charge in [-0.25, -0.2) is 0 Å². The molecule has 8 heteroatoms. The molecule has 1 amide bonds. The molecule has 0 aliphatic carbocycles. The van der Waals surface area contributed by atoms with Crippen molar-refractivity contribution in [3.63, 3.8) is 0 Å². The molecule has 230 valence electrons. The third-order valence-electron chi connectivity index (χ3n) is 7.42. The smallest absolute Gasteiger partial charge is 0.418 e. The van der Waals surface area contributed by atoms with E-state index in [4.69, 9.17) is 4.74 Å². The number of amides is 1. The van der Waals surface area contributed by atoms with Gasteiger partial charge in [-0.15, -0.1) is 18.0 Å². The number of hydrogen-bond acceptors (Lipinski definition) is 6. The molecule has 0 bridgehead atoms. The van der Waals surface area contributed by atoms with E-state index in [9.17, 15) is 4.79 Å². The van der Waals surface area contributed by atoms with Crippen molar-refractivity contribution >= 4 is 17.7 Å². The van der Waals surface area contributed by atoms with Gasteiger partial charge in [-0.2, -0.15) is 0 Å². The average Bonchev–Trinajstić information content (AvgIpc) is 3.01. The number of ether oxygens (including phenoxy) is 1. The zero-order chi connectivity index (χ0) is 29.5. The van der Waals surface area contributed by atoms with Gasteiger partial charge in [-0.05, 0) is 87.7 Å². The predicted molar refractivity (Wildman–Crippen MR) is 175 cm³/mol. The Kier molecular flexibility index (Phi) is 19.9. The molecule has 2 N–H and O–H groups in total. The van der Waals surface area contributed by atoms with Gasteiger partial charge in [-0.1, -0.05) is 38.7 Å². The quantitative estimate of drug-likeness (QED) is 0.183. The van der Waals surface area contributed by atoms with Gasteiger partial charge >= 0.3 is 51.4 Å². The Hall–Kier alpha value is -1.78. The monoisotopic (exact) mass is 611 g/mol. The Morgan fingerprint density at radius 3 is 2.47 bits per heavy atom. The van der Waals surface area contributed by atoms with Gasteiger partial charge in [0.05, 0.1) is 6.10 Å². The normalized spacial score (nSPS) is 15.1. The van der Waals surface area contributed by atoms with Gasteiger partial charge in [0.25, 0.3) is 5.91 Å². The van der Waals surface area contributed by atoms with Crippen LogP contribution in [0.3, 0.4) is 0 Å². The molecule has 1 saturated heterocycles. The maximum atomic E-state index is 12.9. The van der Waals surface area contributed by atoms with Gasteiger partial charge in [0, 0.05) is 38.5 Å². The molecule has 0 spiro atoms. The molecular weight excluding hydrogens is 562 g/mol. The maximum Gasteiger partial charge on any atom is 1.00 e. The van der Waals surface area contributed by atoms with Gasteiger partial charge in [0.15, 0.2) is 0 Å². The van der Waals surface area contributed by atoms with Gasteiger partial charge < -0.3 is 49.7 Å². The molecule has 0 saturated carbocycles. The summed E-state index contributed by atoms with van der Waals surface area (Å²) < 4.78 is 5.31. The van der Waals surface area contributed by atoms with E-state index in [1.54, 1.807) is 13.3 Å². The fourth-order valence-electron chi connectivity index (χ4n) is 5.01. The number of carbonyl (C=O) groups excluding carboxylic acids is 1. The minimum atomic E-state index is 0. The van der Waals surface area contributed by atoms with Crippen molar-refractivity contribution in [2.45, 2.75) is 58.5 Å². The summed E-state index contributed by atoms with van der Waals surface area (Å²) in [4.78, 5) is 21.5. The summed E-state index contributed by atoms with van der Waals surface area (Å²) in [6, 6.07) is 10.3. The molecule has 1 aromatic carbocycles. The van der Waals surface area contributed by atoms with Crippen molar-refractivity contribution < 1.29 is 60.9 Å². The fraction of sp³-hybridized carbons (Fsp3) is 0.457. The molecule has 2 aromatic rings. The van der Waals surface area contributed by atoms with Crippen LogP contribution >= 0.6 is 0 Å². The number of anilines is 1. The van der Waals surface area contributed by atoms with Gasteiger partial charge in [0.1, 0.15) is 0 Å². The van der Waals surface area contributed by atoms with Crippen molar-refractivity contribution in [1.29, 1.82) is 0 Å². The Morgan fingerprint density at radius 2 is 1.86 bits per heavy atom. The number of piperidine rings is 1. The number of aromatic nitrogens is 1. The summed E-state index contributed by atoms with van der Waals surface area (Å²) in [7, 11) is 3.58. The molecule has 1 aliphatic rings. The molecule has 1 aromatic heterocycles. The second kappa shape index (κ2) is 21.8. The zero-order valence-corrected chi connectivity index (χ0v) is 30.6. The maximum absolute atomic E-state index is 12.9. The largest absolute Gasteiger partial charge is 1.00 e. The first-order chi connectivity index (χ1) is 20.0. The van der Waals surface area contributed by atoms with Crippen LogP contribution in [0, 0.1) is 19.7 Å². The van der Waals surface area contributed by atoms with Crippen LogP contribution in [0.4, 0.5) is 5.69 Å². The van der Waals surface area contributed by atoms with E-state index in [1.807, 2.05) is 61.5 Å². The van der Waals surface area contributed by atoms with E-state index >= 15 is 0 Å². The summed E-state index contributed by atoms with van der Waals surface area (Å²) >= 11 is 0. The SMILES string of the molecule is CCCN(CCC)C(=O)c1ccc(C2CCN(C[C-]=Cc3[c-]nccc3N/C=C\C(=C/C(C)OC)NC)CC2)cc1.[CH3-].[K+]. The van der Waals surface area contributed by atoms with Crippen LogP contribution in [-0.2, 0) is 4.74 Å². The van der Waals surface area contributed by atoms with Crippen LogP contribution in [0.2, 0.25) is 0 Å². The van der Waals surface area contributed by atoms with Crippen LogP contribution in [0.5, 0.6) is 0 Å². The average molecular weight is 612 g/mol. The minimum absolute atomic E-state index is 0. The van der Waals surface area contributed by atoms with E-state index in [-0.39, 0.29) is 70.8 Å². The van der Waals surface area contributed by atoms with Crippen LogP contribution in [0.1, 0.15) is 73.9 Å². The number of likely N-dealkylation sites (N-methyl/N-ethyl adjacent to an activating group) is 1. The molecule has 1 unspecified atom stereocenters. The number of likely N-dealkylation sites (tertiary alicyclic amines) is 1. The first kappa shape index (κ1) is 39.2. The molecule has 2 heterocycles. The number of benzene rings is 1. The van der Waals surface area contributed by atoms with Crippen LogP contribution in [0.15, 0.2) is 60.6 Å². The second-order valence-electron chi connectivity index (χ2n) is 10.5. The van der Waals surface area contributed by atoms with E-state index in [1.165, 1.54) is 5.56 Å². The molecule has 43 heavy (non-hydrogen) atoms. The van der Waals surface area contributed by atoms with Crippen molar-refractivity contribution in [2.75, 3.05) is 52.2 Å². The van der Waals surface area contributed by atoms with E-state index in [2.05, 4.69) is 58.8 Å². The number of rotatable bonds is 15. The zero-order valence-electron chi connectivity index (χ0n) is 27.5. The second-order valence-corrected chi connectivity index (χ2v) is 10.5. The van der Waals surface area contributed by atoms with Crippen molar-refractivity contribution in [1.82, 2.24) is 20.1 Å². The van der Waals surface area contributed by atoms with E-state index in [0.29, 0.717) is 5.92 Å². The third kappa shape index (κ3) is 13.0. The van der Waals surface area contributed by atoms with Crippen molar-refractivity contribution in [2.24, 2.45) is 0 Å². The number of pyridine rings is 1. The van der Waals surface area contributed by atoms with Crippen LogP contribution in [0.25, 0.3) is 6.08 Å². The van der Waals surface area contributed by atoms with Gasteiger partial charge in [-0.3, -0.25) is 10.4 Å². The fourth-order valence-corrected chi connectivity index (χ4v) is 5.01. The number of carbonyl (C=O) groups is 1. The molecule has 3 rings (SSSR count). The summed E-state index contributed by atoms with van der Waals surface area (Å²) in [5.74, 6) is 0.674. The van der Waals surface area contributed by atoms with E-state index < -0.39 is 0 Å². The topological polar surface area (TPSA) is 69.7 Å². The molecule has 7 nitrogen and oxygen atoms in total. The van der Waals surface area contributed by atoms with Crippen molar-refractivity contribution in [3.05, 3.63) is 97.0 Å². The summed E-state index contributed by atoms with van der Waals surface area (Å²) in [6.07, 6.45) is 20.3. The molecule has 1 atom stereocenters. The Morgan fingerprint density at radius 1 is 1.19 bits per heavy atom. The van der Waals surface area contributed by atoms with Crippen LogP contribution < -0.4 is 62.0 Å². The Balaban J connectivity index is 0.00000462. The molecule has 1 aliphatic heterocycles. The minimum Gasteiger partial charge on any atom is -0.418 e. The molecule has 1 fully saturated rings. The van der Waals surface area contributed by atoms with E-state index in [0.717, 1.165) is 80.9 Å². The number of methoxy groups -OCH3 is 1. The number of nitrogens with one attached hydrogen (secondary N) is 2. The first-order valence-corrected chi connectivity index (χ1v) is 14.9. The number of allylic oxidation sites excluding steroid dienone is 1. The predicted octanol–water partition coefficient (Wildman–Crippen LogP) is 3.36. The molecular formula is C35H50KN5O2-2. The third-order valence-corrected chi connectivity index (χ3v) is 7.42. The van der Waals surface area contributed by atoms with Crippen LogP contribution in [-0.4, -0.2) is 73.7 Å². The first-order valence-electron chi connectivity index (χ1n) is 14.9. The Bertz CT molecular complexity index is 1150. The Labute approximate surface area is 303 Å². The molecule has 0 radical (unpaired) electrons. The standard InChI is InChI=1S/C34H47N5O2.CH3.K/c1-6-20-39(21-7-2)34(40)30-12-10-28(11-13-30)29-16-23-38(24-17-29)22-8-9-31-26-36-18-15-33(31)37-19-14-32(35-4)25-27(3)41-5;;/h9-15,18-19,25,27,29,35H,6-7,16-17,20-24H2,1-5H3,(H,36,37);1H3;/q-2;-1;+1/b19-14-,32-25+;;. The van der Waals surface area contributed by atoms with Crippen molar-refractivity contribution in [3.8, 4) is 0 Å². The number of nitrogens with zero attached hydrogens (tertiary/aromatic N) is 3. The summed E-state index contributed by atoms with van der Waals surface area (Å²) in [5.41, 5.74) is 4.89. The summed E-state index contributed by atoms with van der Waals surface area (Å²) in [6.45, 7) is 10.7. The number of hydrogen-bond donors (Lipinski definition) is 2.